The molecule has 0 bridgehead atoms. The van der Waals surface area contributed by atoms with E-state index >= 15 is 0 Å². The molecule has 22 heavy (non-hydrogen) atoms. The highest BCUT2D eigenvalue weighted by Crippen LogP contribution is 2.33. The second-order valence-corrected chi connectivity index (χ2v) is 5.79. The zero-order valence-electron chi connectivity index (χ0n) is 11.2. The van der Waals surface area contributed by atoms with E-state index in [1.165, 1.54) is 0 Å². The minimum absolute atomic E-state index is 0.275. The largest absolute Gasteiger partial charge is 0.352 e. The molecule has 0 aliphatic rings. The predicted octanol–water partition coefficient (Wildman–Crippen LogP) is 5.51. The highest BCUT2D eigenvalue weighted by atomic mass is 79.9. The molecule has 2 aromatic carbocycles. The van der Waals surface area contributed by atoms with Crippen molar-refractivity contribution in [1.29, 1.82) is 0 Å². The summed E-state index contributed by atoms with van der Waals surface area (Å²) in [5.74, 6) is -0.533. The first kappa shape index (κ1) is 16.6. The van der Waals surface area contributed by atoms with E-state index in [0.717, 1.165) is 6.08 Å². The first-order valence-corrected chi connectivity index (χ1v) is 7.45. The first-order chi connectivity index (χ1) is 10.4. The first-order valence-electron chi connectivity index (χ1n) is 6.28. The smallest absolute Gasteiger partial charge is 0.341 e. The maximum Gasteiger partial charge on any atom is 0.341 e. The van der Waals surface area contributed by atoms with Crippen molar-refractivity contribution in [3.8, 4) is 0 Å². The van der Waals surface area contributed by atoms with E-state index in [2.05, 4.69) is 21.2 Å². The normalized spacial score (nSPS) is 12.1. The number of allylic oxidation sites excluding steroid dienone is 2. The van der Waals surface area contributed by atoms with Gasteiger partial charge in [0, 0.05) is 11.6 Å². The topological polar surface area (TPSA) is 29.1 Å². The highest BCUT2D eigenvalue weighted by molar-refractivity contribution is 9.10. The van der Waals surface area contributed by atoms with Crippen LogP contribution in [0.15, 0.2) is 66.4 Å². The summed E-state index contributed by atoms with van der Waals surface area (Å²) in [6, 6.07) is 14.6. The van der Waals surface area contributed by atoms with Crippen LogP contribution in [0.5, 0.6) is 0 Å². The van der Waals surface area contributed by atoms with Crippen LogP contribution in [-0.2, 0) is 0 Å². The number of carbonyl (C=O) groups is 1. The fraction of sp³-hybridized carbons (Fsp3) is 0.0625. The third kappa shape index (κ3) is 4.39. The maximum absolute atomic E-state index is 13.7. The average molecular weight is 387 g/mol. The van der Waals surface area contributed by atoms with E-state index in [9.17, 15) is 13.6 Å². The zero-order chi connectivity index (χ0) is 16.2. The summed E-state index contributed by atoms with van der Waals surface area (Å²) in [6.45, 7) is 0. The van der Waals surface area contributed by atoms with E-state index in [0.29, 0.717) is 5.56 Å². The van der Waals surface area contributed by atoms with Crippen LogP contribution in [0.4, 0.5) is 14.5 Å². The number of rotatable bonds is 5. The van der Waals surface area contributed by atoms with Gasteiger partial charge >= 0.3 is 4.83 Å². The molecule has 0 amide bonds. The molecule has 0 heterocycles. The molecule has 1 N–H and O–H groups in total. The number of hydrogen-bond acceptors (Lipinski definition) is 2. The molecule has 0 saturated carbocycles. The van der Waals surface area contributed by atoms with Crippen LogP contribution in [0.3, 0.4) is 0 Å². The molecular weight excluding hydrogens is 376 g/mol. The number of halogens is 4. The minimum atomic E-state index is -3.39. The Morgan fingerprint density at radius 1 is 1.09 bits per heavy atom. The fourth-order valence-electron chi connectivity index (χ4n) is 1.71. The summed E-state index contributed by atoms with van der Waals surface area (Å²) >= 11 is 8.21. The van der Waals surface area contributed by atoms with Gasteiger partial charge in [0.05, 0.1) is 10.7 Å². The van der Waals surface area contributed by atoms with Gasteiger partial charge in [0.15, 0.2) is 5.78 Å². The second kappa shape index (κ2) is 7.03. The summed E-state index contributed by atoms with van der Waals surface area (Å²) in [5, 5.41) is 2.77. The van der Waals surface area contributed by atoms with E-state index in [4.69, 9.17) is 11.6 Å². The van der Waals surface area contributed by atoms with Crippen LogP contribution in [0.2, 0.25) is 5.02 Å². The van der Waals surface area contributed by atoms with Crippen molar-refractivity contribution in [3.63, 3.8) is 0 Å². The number of ketones is 1. The number of benzene rings is 2. The Morgan fingerprint density at radius 3 is 2.27 bits per heavy atom. The average Bonchev–Trinajstić information content (AvgIpc) is 2.48. The van der Waals surface area contributed by atoms with Crippen LogP contribution in [0.25, 0.3) is 0 Å². The zero-order valence-corrected chi connectivity index (χ0v) is 13.5. The van der Waals surface area contributed by atoms with Gasteiger partial charge in [-0.2, -0.15) is 8.78 Å². The molecule has 2 aromatic rings. The number of nitrogens with one attached hydrogen (secondary N) is 1. The third-order valence-electron chi connectivity index (χ3n) is 2.78. The second-order valence-electron chi connectivity index (χ2n) is 4.39. The SMILES string of the molecule is O=C(/C=C(\Nc1ccccc1Cl)C(F)(F)Br)c1ccccc1. The van der Waals surface area contributed by atoms with Crippen molar-refractivity contribution in [3.05, 3.63) is 77.0 Å². The summed E-state index contributed by atoms with van der Waals surface area (Å²) < 4.78 is 27.3. The van der Waals surface area contributed by atoms with Crippen LogP contribution < -0.4 is 5.32 Å². The molecule has 114 valence electrons. The summed E-state index contributed by atoms with van der Waals surface area (Å²) in [7, 11) is 0. The molecule has 0 aliphatic carbocycles. The molecule has 0 radical (unpaired) electrons. The van der Waals surface area contributed by atoms with Gasteiger partial charge in [-0.15, -0.1) is 0 Å². The molecule has 0 saturated heterocycles. The summed E-state index contributed by atoms with van der Waals surface area (Å²) in [6.07, 6.45) is 0.855. The standard InChI is InChI=1S/C16H11BrClF2NO/c17-16(19,20)15(21-13-9-5-4-8-12(13)18)10-14(22)11-6-2-1-3-7-11/h1-10,21H/b15-10-. The molecule has 2 nitrogen and oxygen atoms in total. The molecule has 0 fully saturated rings. The lowest BCUT2D eigenvalue weighted by Crippen LogP contribution is -2.19. The van der Waals surface area contributed by atoms with Crippen LogP contribution in [0, 0.1) is 0 Å². The van der Waals surface area contributed by atoms with Gasteiger partial charge in [-0.25, -0.2) is 0 Å². The van der Waals surface area contributed by atoms with Gasteiger partial charge in [0.25, 0.3) is 0 Å². The quantitative estimate of drug-likeness (QED) is 0.417. The van der Waals surface area contributed by atoms with Gasteiger partial charge in [-0.1, -0.05) is 54.1 Å². The van der Waals surface area contributed by atoms with E-state index < -0.39 is 16.3 Å². The van der Waals surface area contributed by atoms with Crippen molar-refractivity contribution >= 4 is 39.0 Å². The van der Waals surface area contributed by atoms with Crippen LogP contribution in [-0.4, -0.2) is 10.6 Å². The van der Waals surface area contributed by atoms with Crippen molar-refractivity contribution in [1.82, 2.24) is 0 Å². The molecule has 0 atom stereocenters. The van der Waals surface area contributed by atoms with Crippen molar-refractivity contribution < 1.29 is 13.6 Å². The highest BCUT2D eigenvalue weighted by Gasteiger charge is 2.31. The molecule has 0 unspecified atom stereocenters. The summed E-state index contributed by atoms with van der Waals surface area (Å²) in [4.78, 5) is 8.68. The lowest BCUT2D eigenvalue weighted by atomic mass is 10.1. The minimum Gasteiger partial charge on any atom is -0.352 e. The molecule has 0 aromatic heterocycles. The third-order valence-corrected chi connectivity index (χ3v) is 3.54. The molecular formula is C16H11BrClF2NO. The lowest BCUT2D eigenvalue weighted by molar-refractivity contribution is 0.103. The Kier molecular flexibility index (Phi) is 5.32. The molecule has 2 rings (SSSR count). The Labute approximate surface area is 139 Å². The van der Waals surface area contributed by atoms with Gasteiger partial charge < -0.3 is 5.32 Å². The van der Waals surface area contributed by atoms with E-state index in [1.54, 1.807) is 54.6 Å². The monoisotopic (exact) mass is 385 g/mol. The van der Waals surface area contributed by atoms with E-state index in [1.807, 2.05) is 0 Å². The van der Waals surface area contributed by atoms with Crippen molar-refractivity contribution in [2.24, 2.45) is 0 Å². The Balaban J connectivity index is 2.33. The van der Waals surface area contributed by atoms with Gasteiger partial charge in [0.1, 0.15) is 5.70 Å². The number of carbonyl (C=O) groups excluding carboxylic acids is 1. The maximum atomic E-state index is 13.7. The molecule has 0 spiro atoms. The Hall–Kier alpha value is -1.72. The summed E-state index contributed by atoms with van der Waals surface area (Å²) in [5.41, 5.74) is 0.0163. The van der Waals surface area contributed by atoms with E-state index in [-0.39, 0.29) is 10.7 Å². The van der Waals surface area contributed by atoms with Crippen LogP contribution >= 0.6 is 27.5 Å². The van der Waals surface area contributed by atoms with Gasteiger partial charge in [-0.05, 0) is 28.1 Å². The number of hydrogen-bond donors (Lipinski definition) is 1. The van der Waals surface area contributed by atoms with Crippen molar-refractivity contribution in [2.75, 3.05) is 5.32 Å². The predicted molar refractivity (Wildman–Crippen MR) is 87.8 cm³/mol. The number of alkyl halides is 3. The Morgan fingerprint density at radius 2 is 1.68 bits per heavy atom. The molecule has 0 aliphatic heterocycles. The van der Waals surface area contributed by atoms with Gasteiger partial charge in [-0.3, -0.25) is 4.79 Å². The Bertz CT molecular complexity index is 699. The van der Waals surface area contributed by atoms with Gasteiger partial charge in [0.2, 0.25) is 0 Å². The van der Waals surface area contributed by atoms with Crippen LogP contribution in [0.1, 0.15) is 10.4 Å². The lowest BCUT2D eigenvalue weighted by Gasteiger charge is -2.16. The fourth-order valence-corrected chi connectivity index (χ4v) is 2.11. The van der Waals surface area contributed by atoms with Crippen molar-refractivity contribution in [2.45, 2.75) is 4.83 Å². The number of anilines is 1. The number of para-hydroxylation sites is 1. The molecule has 6 heteroatoms.